The zero-order valence-corrected chi connectivity index (χ0v) is 12.3. The van der Waals surface area contributed by atoms with E-state index in [0.717, 1.165) is 23.7 Å². The van der Waals surface area contributed by atoms with Crippen molar-refractivity contribution >= 4 is 0 Å². The van der Waals surface area contributed by atoms with Gasteiger partial charge in [-0.25, -0.2) is 9.97 Å². The van der Waals surface area contributed by atoms with Crippen LogP contribution in [0.25, 0.3) is 0 Å². The summed E-state index contributed by atoms with van der Waals surface area (Å²) in [6, 6.07) is 8.29. The summed E-state index contributed by atoms with van der Waals surface area (Å²) in [4.78, 5) is 10.5. The molecule has 0 spiro atoms. The Morgan fingerprint density at radius 2 is 2.00 bits per heavy atom. The Kier molecular flexibility index (Phi) is 4.01. The van der Waals surface area contributed by atoms with E-state index in [0.29, 0.717) is 13.2 Å². The van der Waals surface area contributed by atoms with Crippen LogP contribution in [-0.4, -0.2) is 35.1 Å². The van der Waals surface area contributed by atoms with Gasteiger partial charge in [0.2, 0.25) is 0 Å². The van der Waals surface area contributed by atoms with Crippen LogP contribution in [0.1, 0.15) is 24.2 Å². The van der Waals surface area contributed by atoms with Gasteiger partial charge >= 0.3 is 0 Å². The number of hydrogen-bond acceptors (Lipinski definition) is 5. The smallest absolute Gasteiger partial charge is 0.161 e. The summed E-state index contributed by atoms with van der Waals surface area (Å²) < 4.78 is 11.2. The van der Waals surface area contributed by atoms with Crippen molar-refractivity contribution < 1.29 is 9.47 Å². The highest BCUT2D eigenvalue weighted by atomic mass is 16.6. The maximum Gasteiger partial charge on any atom is 0.161 e. The van der Waals surface area contributed by atoms with Crippen molar-refractivity contribution in [3.05, 3.63) is 48.0 Å². The molecule has 1 aliphatic rings. The summed E-state index contributed by atoms with van der Waals surface area (Å²) >= 11 is 0. The maximum atomic E-state index is 5.63. The summed E-state index contributed by atoms with van der Waals surface area (Å²) in [6.07, 6.45) is 3.36. The highest BCUT2D eigenvalue weighted by Crippen LogP contribution is 2.31. The van der Waals surface area contributed by atoms with E-state index in [4.69, 9.17) is 9.47 Å². The number of rotatable bonds is 4. The Morgan fingerprint density at radius 1 is 1.19 bits per heavy atom. The van der Waals surface area contributed by atoms with Crippen LogP contribution >= 0.6 is 0 Å². The van der Waals surface area contributed by atoms with Gasteiger partial charge in [0.1, 0.15) is 19.5 Å². The first-order valence-electron chi connectivity index (χ1n) is 7.09. The van der Waals surface area contributed by atoms with E-state index < -0.39 is 0 Å². The summed E-state index contributed by atoms with van der Waals surface area (Å²) in [7, 11) is 2.09. The molecule has 2 aromatic rings. The fraction of sp³-hybridized carbons (Fsp3) is 0.375. The van der Waals surface area contributed by atoms with E-state index in [9.17, 15) is 0 Å². The first-order valence-corrected chi connectivity index (χ1v) is 7.09. The molecule has 0 N–H and O–H groups in total. The van der Waals surface area contributed by atoms with Gasteiger partial charge in [-0.1, -0.05) is 6.07 Å². The zero-order chi connectivity index (χ0) is 14.7. The van der Waals surface area contributed by atoms with Crippen molar-refractivity contribution in [2.45, 2.75) is 19.5 Å². The van der Waals surface area contributed by atoms with Crippen LogP contribution < -0.4 is 9.47 Å². The van der Waals surface area contributed by atoms with Gasteiger partial charge in [-0.15, -0.1) is 0 Å². The van der Waals surface area contributed by atoms with Crippen LogP contribution in [0.5, 0.6) is 11.5 Å². The fourth-order valence-corrected chi connectivity index (χ4v) is 2.38. The average Bonchev–Trinajstić information content (AvgIpc) is 2.55. The highest BCUT2D eigenvalue weighted by Gasteiger charge is 2.16. The SMILES string of the molecule is CC(c1ccncn1)N(C)Cc1ccc2c(c1)OCCO2. The number of benzene rings is 1. The number of ether oxygens (including phenoxy) is 2. The molecule has 0 radical (unpaired) electrons. The van der Waals surface area contributed by atoms with Crippen molar-refractivity contribution in [1.29, 1.82) is 0 Å². The molecule has 0 aliphatic carbocycles. The van der Waals surface area contributed by atoms with Crippen molar-refractivity contribution in [2.75, 3.05) is 20.3 Å². The summed E-state index contributed by atoms with van der Waals surface area (Å²) in [5.74, 6) is 1.67. The zero-order valence-electron chi connectivity index (χ0n) is 12.3. The van der Waals surface area contributed by atoms with Gasteiger partial charge in [-0.2, -0.15) is 0 Å². The molecule has 5 heteroatoms. The van der Waals surface area contributed by atoms with Gasteiger partial charge in [0.05, 0.1) is 5.69 Å². The lowest BCUT2D eigenvalue weighted by Gasteiger charge is -2.25. The molecule has 1 aromatic heterocycles. The largest absolute Gasteiger partial charge is 0.486 e. The normalized spacial score (nSPS) is 15.0. The summed E-state index contributed by atoms with van der Waals surface area (Å²) in [5.41, 5.74) is 2.22. The molecule has 5 nitrogen and oxygen atoms in total. The number of aromatic nitrogens is 2. The van der Waals surface area contributed by atoms with Crippen LogP contribution in [0.3, 0.4) is 0 Å². The van der Waals surface area contributed by atoms with Gasteiger partial charge in [0.15, 0.2) is 11.5 Å². The van der Waals surface area contributed by atoms with Gasteiger partial charge < -0.3 is 9.47 Å². The third-order valence-corrected chi connectivity index (χ3v) is 3.73. The molecule has 1 aromatic carbocycles. The molecule has 1 atom stereocenters. The third-order valence-electron chi connectivity index (χ3n) is 3.73. The lowest BCUT2D eigenvalue weighted by molar-refractivity contribution is 0.171. The van der Waals surface area contributed by atoms with Crippen LogP contribution in [0, 0.1) is 0 Å². The molecule has 0 saturated heterocycles. The topological polar surface area (TPSA) is 47.5 Å². The second kappa shape index (κ2) is 6.10. The predicted octanol–water partition coefficient (Wildman–Crippen LogP) is 2.44. The predicted molar refractivity (Wildman–Crippen MR) is 79.3 cm³/mol. The molecular weight excluding hydrogens is 266 g/mol. The van der Waals surface area contributed by atoms with Crippen LogP contribution in [-0.2, 0) is 6.54 Å². The highest BCUT2D eigenvalue weighted by molar-refractivity contribution is 5.43. The lowest BCUT2D eigenvalue weighted by Crippen LogP contribution is -2.23. The molecule has 1 aliphatic heterocycles. The quantitative estimate of drug-likeness (QED) is 0.863. The van der Waals surface area contributed by atoms with Crippen LogP contribution in [0.4, 0.5) is 0 Å². The van der Waals surface area contributed by atoms with Gasteiger partial charge in [-0.05, 0) is 37.7 Å². The van der Waals surface area contributed by atoms with Crippen LogP contribution in [0.2, 0.25) is 0 Å². The number of hydrogen-bond donors (Lipinski definition) is 0. The molecule has 21 heavy (non-hydrogen) atoms. The minimum absolute atomic E-state index is 0.223. The summed E-state index contributed by atoms with van der Waals surface area (Å²) in [5, 5.41) is 0. The van der Waals surface area contributed by atoms with Crippen molar-refractivity contribution in [3.8, 4) is 11.5 Å². The van der Waals surface area contributed by atoms with E-state index in [-0.39, 0.29) is 6.04 Å². The third kappa shape index (κ3) is 3.13. The van der Waals surface area contributed by atoms with E-state index in [1.165, 1.54) is 5.56 Å². The molecule has 110 valence electrons. The van der Waals surface area contributed by atoms with E-state index in [1.54, 1.807) is 12.5 Å². The Labute approximate surface area is 124 Å². The van der Waals surface area contributed by atoms with Crippen LogP contribution in [0.15, 0.2) is 36.8 Å². The van der Waals surface area contributed by atoms with Crippen molar-refractivity contribution in [1.82, 2.24) is 14.9 Å². The molecule has 3 rings (SSSR count). The molecule has 0 fully saturated rings. The molecule has 2 heterocycles. The second-order valence-electron chi connectivity index (χ2n) is 5.20. The first-order chi connectivity index (χ1) is 10.2. The number of fused-ring (bicyclic) bond motifs is 1. The Bertz CT molecular complexity index is 604. The molecule has 1 unspecified atom stereocenters. The van der Waals surface area contributed by atoms with Crippen molar-refractivity contribution in [2.24, 2.45) is 0 Å². The Morgan fingerprint density at radius 3 is 2.76 bits per heavy atom. The first kappa shape index (κ1) is 13.8. The second-order valence-corrected chi connectivity index (χ2v) is 5.20. The maximum absolute atomic E-state index is 5.63. The minimum atomic E-state index is 0.223. The van der Waals surface area contributed by atoms with E-state index in [1.807, 2.05) is 12.1 Å². The van der Waals surface area contributed by atoms with Gasteiger partial charge in [-0.3, -0.25) is 4.90 Å². The lowest BCUT2D eigenvalue weighted by atomic mass is 10.1. The molecular formula is C16H19N3O2. The molecule has 0 amide bonds. The molecule has 0 bridgehead atoms. The van der Waals surface area contributed by atoms with Crippen molar-refractivity contribution in [3.63, 3.8) is 0 Å². The fourth-order valence-electron chi connectivity index (χ4n) is 2.38. The molecule has 0 saturated carbocycles. The van der Waals surface area contributed by atoms with E-state index in [2.05, 4.69) is 41.0 Å². The summed E-state index contributed by atoms with van der Waals surface area (Å²) in [6.45, 7) is 4.20. The number of nitrogens with zero attached hydrogens (tertiary/aromatic N) is 3. The Hall–Kier alpha value is -2.14. The average molecular weight is 285 g/mol. The van der Waals surface area contributed by atoms with Gasteiger partial charge in [0.25, 0.3) is 0 Å². The minimum Gasteiger partial charge on any atom is -0.486 e. The monoisotopic (exact) mass is 285 g/mol. The Balaban J connectivity index is 1.71. The van der Waals surface area contributed by atoms with Gasteiger partial charge in [0, 0.05) is 18.8 Å². The van der Waals surface area contributed by atoms with E-state index >= 15 is 0 Å². The standard InChI is InChI=1S/C16H19N3O2/c1-12(14-5-6-17-11-18-14)19(2)10-13-3-4-15-16(9-13)21-8-7-20-15/h3-6,9,11-12H,7-8,10H2,1-2H3.